The van der Waals surface area contributed by atoms with E-state index in [1.165, 1.54) is 42.3 Å². The molecular weight excluding hydrogens is 700 g/mol. The number of fused-ring (bicyclic) bond motifs is 1. The number of likely N-dealkylation sites (N-methyl/N-ethyl adjacent to an activating group) is 1. The highest BCUT2D eigenvalue weighted by Gasteiger charge is 2.63. The first kappa shape index (κ1) is 38.4. The Labute approximate surface area is 314 Å². The SMILES string of the molecule is C=C(C)C(F)(F)C1(C(=O)N(C)[C@@H](Cc2cccc3c(-c4ncc(CN5CCCCC5)cc4C4CC4)cccc23)C(=O)O)CCN(C2COCC2(F)F)CC1. The predicted molar refractivity (Wildman–Crippen MR) is 199 cm³/mol. The van der Waals surface area contributed by atoms with Crippen LogP contribution in [0.4, 0.5) is 17.6 Å². The standard InChI is InChI=1S/C42H50F4N4O4/c1-27(2)42(45,46)40(15-19-50(20-16-40)36-25-54-26-41(36,43)44)39(53)48(3)35(38(51)52)22-30-9-7-11-32-31(30)10-8-12-33(32)37-34(29-13-14-29)21-28(23-47-37)24-49-17-5-4-6-18-49/h7-12,21,23,29,35-36H,1,4-6,13-20,22,24-26H2,2-3H3,(H,51,52)/t35-,36?/m0/s1. The predicted octanol–water partition coefficient (Wildman–Crippen LogP) is 7.55. The highest BCUT2D eigenvalue weighted by Crippen LogP contribution is 2.51. The van der Waals surface area contributed by atoms with Crippen LogP contribution < -0.4 is 0 Å². The lowest BCUT2D eigenvalue weighted by atomic mass is 9.69. The van der Waals surface area contributed by atoms with Crippen LogP contribution in [0.1, 0.15) is 74.5 Å². The van der Waals surface area contributed by atoms with E-state index in [1.807, 2.05) is 36.5 Å². The lowest BCUT2D eigenvalue weighted by Gasteiger charge is -2.48. The van der Waals surface area contributed by atoms with Crippen molar-refractivity contribution in [1.29, 1.82) is 0 Å². The smallest absolute Gasteiger partial charge is 0.326 e. The monoisotopic (exact) mass is 750 g/mol. The van der Waals surface area contributed by atoms with E-state index >= 15 is 8.78 Å². The number of aliphatic carboxylic acids is 1. The minimum Gasteiger partial charge on any atom is -0.480 e. The lowest BCUT2D eigenvalue weighted by molar-refractivity contribution is -0.179. The average Bonchev–Trinajstić information content (AvgIpc) is 3.95. The van der Waals surface area contributed by atoms with E-state index < -0.39 is 66.2 Å². The van der Waals surface area contributed by atoms with Crippen molar-refractivity contribution in [2.75, 3.05) is 46.4 Å². The van der Waals surface area contributed by atoms with Gasteiger partial charge < -0.3 is 14.7 Å². The fraction of sp³-hybridized carbons (Fsp3) is 0.548. The topological polar surface area (TPSA) is 86.2 Å². The molecule has 3 aliphatic heterocycles. The number of piperidine rings is 2. The molecule has 1 aromatic heterocycles. The van der Waals surface area contributed by atoms with Gasteiger partial charge in [-0.2, -0.15) is 0 Å². The second kappa shape index (κ2) is 15.0. The first-order chi connectivity index (χ1) is 25.7. The fourth-order valence-corrected chi connectivity index (χ4v) is 8.94. The van der Waals surface area contributed by atoms with Crippen LogP contribution in [-0.4, -0.2) is 107 Å². The highest BCUT2D eigenvalue weighted by atomic mass is 19.3. The Morgan fingerprint density at radius 1 is 1.06 bits per heavy atom. The Hall–Kier alpha value is -3.87. The van der Waals surface area contributed by atoms with Gasteiger partial charge in [0.25, 0.3) is 11.8 Å². The number of hydrogen-bond acceptors (Lipinski definition) is 6. The van der Waals surface area contributed by atoms with Crippen LogP contribution in [0.25, 0.3) is 22.0 Å². The summed E-state index contributed by atoms with van der Waals surface area (Å²) in [7, 11) is 1.25. The summed E-state index contributed by atoms with van der Waals surface area (Å²) < 4.78 is 66.5. The molecular formula is C42H50F4N4O4. The molecule has 1 unspecified atom stereocenters. The molecule has 1 aliphatic carbocycles. The minimum atomic E-state index is -3.72. The minimum absolute atomic E-state index is 0.136. The number of allylic oxidation sites excluding steroid dienone is 1. The maximum Gasteiger partial charge on any atom is 0.326 e. The highest BCUT2D eigenvalue weighted by molar-refractivity contribution is 5.99. The van der Waals surface area contributed by atoms with Crippen LogP contribution in [0.3, 0.4) is 0 Å². The summed E-state index contributed by atoms with van der Waals surface area (Å²) in [6.07, 6.45) is 6.85. The van der Waals surface area contributed by atoms with E-state index in [2.05, 4.69) is 17.5 Å². The molecule has 7 rings (SSSR count). The quantitative estimate of drug-likeness (QED) is 0.151. The van der Waals surface area contributed by atoms with E-state index in [9.17, 15) is 23.5 Å². The number of carbonyl (C=O) groups is 2. The molecule has 2 atom stereocenters. The molecule has 290 valence electrons. The van der Waals surface area contributed by atoms with Gasteiger partial charge in [-0.1, -0.05) is 55.5 Å². The molecule has 8 nitrogen and oxygen atoms in total. The number of aromatic nitrogens is 1. The number of nitrogens with zero attached hydrogens (tertiary/aromatic N) is 4. The zero-order valence-electron chi connectivity index (χ0n) is 31.1. The number of ether oxygens (including phenoxy) is 1. The number of carboxylic acid groups (broad SMARTS) is 1. The van der Waals surface area contributed by atoms with Crippen LogP contribution in [0.15, 0.2) is 60.8 Å². The first-order valence-corrected chi connectivity index (χ1v) is 19.2. The van der Waals surface area contributed by atoms with Crippen molar-refractivity contribution in [1.82, 2.24) is 19.7 Å². The molecule has 2 aromatic carbocycles. The van der Waals surface area contributed by atoms with Crippen LogP contribution in [0.2, 0.25) is 0 Å². The summed E-state index contributed by atoms with van der Waals surface area (Å²) in [6, 6.07) is 11.0. The Morgan fingerprint density at radius 2 is 1.74 bits per heavy atom. The van der Waals surface area contributed by atoms with E-state index in [0.717, 1.165) is 66.3 Å². The number of halogens is 4. The van der Waals surface area contributed by atoms with Crippen molar-refractivity contribution in [3.63, 3.8) is 0 Å². The second-order valence-corrected chi connectivity index (χ2v) is 15.9. The number of carbonyl (C=O) groups excluding carboxylic acids is 1. The van der Waals surface area contributed by atoms with Gasteiger partial charge in [-0.25, -0.2) is 22.4 Å². The van der Waals surface area contributed by atoms with Gasteiger partial charge in [0, 0.05) is 44.9 Å². The van der Waals surface area contributed by atoms with Crippen LogP contribution >= 0.6 is 0 Å². The third-order valence-corrected chi connectivity index (χ3v) is 12.3. The molecule has 1 amide bonds. The number of rotatable bonds is 12. The third-order valence-electron chi connectivity index (χ3n) is 12.3. The normalized spacial score (nSPS) is 22.6. The van der Waals surface area contributed by atoms with Gasteiger partial charge in [-0.15, -0.1) is 0 Å². The molecule has 12 heteroatoms. The maximum absolute atomic E-state index is 16.2. The van der Waals surface area contributed by atoms with Gasteiger partial charge in [-0.05, 0) is 97.5 Å². The summed E-state index contributed by atoms with van der Waals surface area (Å²) in [4.78, 5) is 37.1. The number of pyridine rings is 1. The third kappa shape index (κ3) is 7.17. The van der Waals surface area contributed by atoms with Gasteiger partial charge in [-0.3, -0.25) is 19.6 Å². The number of likely N-dealkylation sites (tertiary alicyclic amines) is 2. The van der Waals surface area contributed by atoms with Gasteiger partial charge >= 0.3 is 5.97 Å². The summed E-state index contributed by atoms with van der Waals surface area (Å²) in [5.41, 5.74) is 2.00. The zero-order chi connectivity index (χ0) is 38.4. The van der Waals surface area contributed by atoms with Crippen LogP contribution in [0, 0.1) is 5.41 Å². The number of benzene rings is 2. The molecule has 54 heavy (non-hydrogen) atoms. The molecule has 4 fully saturated rings. The Kier molecular flexibility index (Phi) is 10.7. The number of hydrogen-bond donors (Lipinski definition) is 1. The molecule has 4 heterocycles. The molecule has 0 radical (unpaired) electrons. The maximum atomic E-state index is 16.2. The molecule has 4 aliphatic rings. The van der Waals surface area contributed by atoms with Crippen LogP contribution in [-0.2, 0) is 27.3 Å². The van der Waals surface area contributed by atoms with Crippen molar-refractivity contribution in [3.05, 3.63) is 77.5 Å². The summed E-state index contributed by atoms with van der Waals surface area (Å²) in [5.74, 6) is -8.80. The van der Waals surface area contributed by atoms with Gasteiger partial charge in [0.2, 0.25) is 5.91 Å². The molecule has 3 saturated heterocycles. The fourth-order valence-electron chi connectivity index (χ4n) is 8.94. The van der Waals surface area contributed by atoms with E-state index in [1.54, 1.807) is 6.07 Å². The van der Waals surface area contributed by atoms with Crippen molar-refractivity contribution >= 4 is 22.6 Å². The lowest BCUT2D eigenvalue weighted by Crippen LogP contribution is -2.62. The molecule has 3 aromatic rings. The molecule has 0 bridgehead atoms. The largest absolute Gasteiger partial charge is 0.480 e. The number of alkyl halides is 4. The van der Waals surface area contributed by atoms with Crippen molar-refractivity contribution in [2.24, 2.45) is 5.41 Å². The number of amides is 1. The van der Waals surface area contributed by atoms with Gasteiger partial charge in [0.1, 0.15) is 18.1 Å². The summed E-state index contributed by atoms with van der Waals surface area (Å²) in [6.45, 7) is 6.29. The van der Waals surface area contributed by atoms with E-state index in [0.29, 0.717) is 11.5 Å². The number of carboxylic acids is 1. The summed E-state index contributed by atoms with van der Waals surface area (Å²) >= 11 is 0. The summed E-state index contributed by atoms with van der Waals surface area (Å²) in [5, 5.41) is 12.2. The zero-order valence-corrected chi connectivity index (χ0v) is 31.1. The second-order valence-electron chi connectivity index (χ2n) is 15.9. The Bertz CT molecular complexity index is 1900. The van der Waals surface area contributed by atoms with Crippen molar-refractivity contribution in [3.8, 4) is 11.3 Å². The van der Waals surface area contributed by atoms with E-state index in [-0.39, 0.29) is 26.1 Å². The van der Waals surface area contributed by atoms with Crippen LogP contribution in [0.5, 0.6) is 0 Å². The van der Waals surface area contributed by atoms with Gasteiger partial charge in [0.05, 0.1) is 18.3 Å². The Balaban J connectivity index is 1.17. The molecule has 0 spiro atoms. The molecule has 1 N–H and O–H groups in total. The average molecular weight is 751 g/mol. The Morgan fingerprint density at radius 3 is 2.37 bits per heavy atom. The first-order valence-electron chi connectivity index (χ1n) is 19.2. The molecule has 1 saturated carbocycles. The van der Waals surface area contributed by atoms with E-state index in [4.69, 9.17) is 9.72 Å². The van der Waals surface area contributed by atoms with Crippen molar-refractivity contribution < 1.29 is 37.0 Å². The van der Waals surface area contributed by atoms with Gasteiger partial charge in [0.15, 0.2) is 0 Å². The van der Waals surface area contributed by atoms with Crippen molar-refractivity contribution in [2.45, 2.75) is 94.7 Å².